The molecule has 0 bridgehead atoms. The summed E-state index contributed by atoms with van der Waals surface area (Å²) in [6, 6.07) is 7.49. The highest BCUT2D eigenvalue weighted by Gasteiger charge is 2.57. The molecule has 0 aliphatic heterocycles. The van der Waals surface area contributed by atoms with Gasteiger partial charge >= 0.3 is 0 Å². The topological polar surface area (TPSA) is 187 Å². The maximum absolute atomic E-state index is 12.9. The van der Waals surface area contributed by atoms with Gasteiger partial charge in [0.25, 0.3) is 0 Å². The lowest BCUT2D eigenvalue weighted by atomic mass is 10.0. The normalized spacial score (nSPS) is 21.2. The van der Waals surface area contributed by atoms with Crippen LogP contribution in [-0.2, 0) is 14.4 Å². The zero-order valence-corrected chi connectivity index (χ0v) is 17.7. The van der Waals surface area contributed by atoms with Crippen LogP contribution in [0.2, 0.25) is 0 Å². The van der Waals surface area contributed by atoms with Gasteiger partial charge in [0.2, 0.25) is 17.7 Å². The maximum Gasteiger partial charge on any atom is 0.243 e. The second-order valence-electron chi connectivity index (χ2n) is 7.78. The van der Waals surface area contributed by atoms with Crippen molar-refractivity contribution in [2.24, 2.45) is 11.5 Å². The lowest BCUT2D eigenvalue weighted by Gasteiger charge is -2.22. The minimum atomic E-state index is -1.07. The first kappa shape index (κ1) is 23.8. The van der Waals surface area contributed by atoms with E-state index in [9.17, 15) is 19.6 Å². The van der Waals surface area contributed by atoms with Gasteiger partial charge in [-0.3, -0.25) is 19.8 Å². The Morgan fingerprint density at radius 2 is 1.90 bits per heavy atom. The molecule has 0 radical (unpaired) electrons. The van der Waals surface area contributed by atoms with Crippen molar-refractivity contribution in [3.8, 4) is 6.07 Å². The minimum absolute atomic E-state index is 0.0471. The number of amides is 3. The molecule has 1 aromatic carbocycles. The number of carbonyl (C=O) groups excluding carboxylic acids is 3. The van der Waals surface area contributed by atoms with E-state index >= 15 is 0 Å². The molecule has 0 saturated heterocycles. The van der Waals surface area contributed by atoms with Crippen molar-refractivity contribution in [1.82, 2.24) is 16.0 Å². The minimum Gasteiger partial charge on any atom is -0.384 e. The van der Waals surface area contributed by atoms with Crippen LogP contribution in [0.3, 0.4) is 0 Å². The van der Waals surface area contributed by atoms with Crippen molar-refractivity contribution in [2.45, 2.75) is 56.7 Å². The van der Waals surface area contributed by atoms with Crippen LogP contribution in [0, 0.1) is 16.7 Å². The first-order valence-electron chi connectivity index (χ1n) is 10.1. The second kappa shape index (κ2) is 10.0. The summed E-state index contributed by atoms with van der Waals surface area (Å²) in [5, 5.41) is 25.1. The summed E-state index contributed by atoms with van der Waals surface area (Å²) < 4.78 is 0. The van der Waals surface area contributed by atoms with Crippen LogP contribution in [0.25, 0.3) is 0 Å². The molecule has 10 nitrogen and oxygen atoms in total. The highest BCUT2D eigenvalue weighted by Crippen LogP contribution is 2.51. The van der Waals surface area contributed by atoms with Crippen LogP contribution in [0.1, 0.15) is 50.2 Å². The molecule has 0 spiro atoms. The Balaban J connectivity index is 2.08. The van der Waals surface area contributed by atoms with Crippen LogP contribution < -0.4 is 27.4 Å². The monoisotopic (exact) mass is 427 g/mol. The first-order valence-corrected chi connectivity index (χ1v) is 10.1. The van der Waals surface area contributed by atoms with Gasteiger partial charge in [0, 0.05) is 18.4 Å². The smallest absolute Gasteiger partial charge is 0.243 e. The third-order valence-corrected chi connectivity index (χ3v) is 5.27. The SMILES string of the molecule is CC(=O)N[C@@H](C)C(=O)N[C@@H](CCCN)C(=O)NC1(C#N)C[C@@H]1c1ccc(C(=N)N)cc1. The van der Waals surface area contributed by atoms with Gasteiger partial charge in [-0.05, 0) is 38.3 Å². The van der Waals surface area contributed by atoms with E-state index in [-0.39, 0.29) is 17.7 Å². The molecule has 1 aromatic rings. The van der Waals surface area contributed by atoms with Crippen molar-refractivity contribution in [1.29, 1.82) is 10.7 Å². The number of carbonyl (C=O) groups is 3. The van der Waals surface area contributed by atoms with E-state index in [0.29, 0.717) is 31.4 Å². The van der Waals surface area contributed by atoms with Crippen molar-refractivity contribution in [3.63, 3.8) is 0 Å². The van der Waals surface area contributed by atoms with Gasteiger partial charge in [0.15, 0.2) is 0 Å². The van der Waals surface area contributed by atoms with Gasteiger partial charge in [-0.1, -0.05) is 24.3 Å². The molecule has 31 heavy (non-hydrogen) atoms. The number of amidine groups is 1. The van der Waals surface area contributed by atoms with Crippen molar-refractivity contribution in [3.05, 3.63) is 35.4 Å². The zero-order valence-electron chi connectivity index (χ0n) is 17.7. The van der Waals surface area contributed by atoms with Gasteiger partial charge in [0.05, 0.1) is 6.07 Å². The third-order valence-electron chi connectivity index (χ3n) is 5.27. The van der Waals surface area contributed by atoms with Crippen LogP contribution in [-0.4, -0.2) is 47.7 Å². The number of nitrogens with two attached hydrogens (primary N) is 2. The number of benzene rings is 1. The van der Waals surface area contributed by atoms with Crippen LogP contribution in [0.5, 0.6) is 0 Å². The summed E-state index contributed by atoms with van der Waals surface area (Å²) in [4.78, 5) is 36.4. The number of nitrogens with zero attached hydrogens (tertiary/aromatic N) is 1. The van der Waals surface area contributed by atoms with Crippen LogP contribution in [0.15, 0.2) is 24.3 Å². The van der Waals surface area contributed by atoms with E-state index in [0.717, 1.165) is 5.56 Å². The van der Waals surface area contributed by atoms with E-state index in [1.165, 1.54) is 13.8 Å². The molecule has 10 heteroatoms. The van der Waals surface area contributed by atoms with Gasteiger partial charge in [-0.25, -0.2) is 0 Å². The summed E-state index contributed by atoms with van der Waals surface area (Å²) in [6.45, 7) is 3.16. The van der Waals surface area contributed by atoms with E-state index in [1.807, 2.05) is 0 Å². The van der Waals surface area contributed by atoms with Gasteiger partial charge in [0.1, 0.15) is 23.5 Å². The summed E-state index contributed by atoms with van der Waals surface area (Å²) in [6.07, 6.45) is 1.25. The Kier molecular flexibility index (Phi) is 7.72. The molecular formula is C21H29N7O3. The molecule has 166 valence electrons. The second-order valence-corrected chi connectivity index (χ2v) is 7.78. The molecule has 1 aliphatic carbocycles. The summed E-state index contributed by atoms with van der Waals surface area (Å²) >= 11 is 0. The molecule has 1 aliphatic rings. The molecule has 1 unspecified atom stereocenters. The lowest BCUT2D eigenvalue weighted by molar-refractivity contribution is -0.131. The summed E-state index contributed by atoms with van der Waals surface area (Å²) in [5.41, 5.74) is 11.4. The molecule has 2 rings (SSSR count). The third kappa shape index (κ3) is 6.02. The van der Waals surface area contributed by atoms with E-state index in [4.69, 9.17) is 16.9 Å². The molecule has 8 N–H and O–H groups in total. The fraction of sp³-hybridized carbons (Fsp3) is 0.476. The molecule has 0 aromatic heterocycles. The fourth-order valence-corrected chi connectivity index (χ4v) is 3.41. The number of hydrogen-bond acceptors (Lipinski definition) is 6. The van der Waals surface area contributed by atoms with Crippen molar-refractivity contribution < 1.29 is 14.4 Å². The number of nitrogens with one attached hydrogen (secondary N) is 4. The number of hydrogen-bond donors (Lipinski definition) is 6. The predicted molar refractivity (Wildman–Crippen MR) is 115 cm³/mol. The Hall–Kier alpha value is -3.45. The standard InChI is InChI=1S/C21H29N7O3/c1-12(26-13(2)29)19(30)27-17(4-3-9-22)20(31)28-21(11-23)10-16(21)14-5-7-15(8-6-14)18(24)25/h5-8,12,16-17H,3-4,9-10,22H2,1-2H3,(H3,24,25)(H,26,29)(H,27,30)(H,28,31)/t12-,16+,17-,21?/m0/s1. The molecule has 1 fully saturated rings. The zero-order chi connectivity index (χ0) is 23.2. The molecular weight excluding hydrogens is 398 g/mol. The quantitative estimate of drug-likeness (QED) is 0.217. The van der Waals surface area contributed by atoms with E-state index in [1.54, 1.807) is 24.3 Å². The van der Waals surface area contributed by atoms with Crippen molar-refractivity contribution >= 4 is 23.6 Å². The molecule has 0 heterocycles. The number of nitriles is 1. The largest absolute Gasteiger partial charge is 0.384 e. The predicted octanol–water partition coefficient (Wildman–Crippen LogP) is -0.415. The average molecular weight is 428 g/mol. The first-order chi connectivity index (χ1) is 14.6. The Bertz CT molecular complexity index is 893. The fourth-order valence-electron chi connectivity index (χ4n) is 3.41. The summed E-state index contributed by atoms with van der Waals surface area (Å²) in [5.74, 6) is -1.57. The number of nitrogen functional groups attached to an aromatic ring is 1. The van der Waals surface area contributed by atoms with E-state index in [2.05, 4.69) is 22.0 Å². The van der Waals surface area contributed by atoms with Crippen LogP contribution >= 0.6 is 0 Å². The Labute approximate surface area is 181 Å². The molecule has 3 amide bonds. The van der Waals surface area contributed by atoms with Gasteiger partial charge in [-0.2, -0.15) is 5.26 Å². The van der Waals surface area contributed by atoms with Crippen molar-refractivity contribution in [2.75, 3.05) is 6.54 Å². The molecule has 4 atom stereocenters. The Morgan fingerprint density at radius 3 is 2.42 bits per heavy atom. The number of rotatable bonds is 10. The van der Waals surface area contributed by atoms with Gasteiger partial charge in [-0.15, -0.1) is 0 Å². The maximum atomic E-state index is 12.9. The highest BCUT2D eigenvalue weighted by molar-refractivity contribution is 5.95. The highest BCUT2D eigenvalue weighted by atomic mass is 16.2. The molecule has 1 saturated carbocycles. The van der Waals surface area contributed by atoms with E-state index < -0.39 is 29.4 Å². The summed E-state index contributed by atoms with van der Waals surface area (Å²) in [7, 11) is 0. The lowest BCUT2D eigenvalue weighted by Crippen LogP contribution is -2.54. The van der Waals surface area contributed by atoms with Gasteiger partial charge < -0.3 is 27.4 Å². The Morgan fingerprint density at radius 1 is 1.26 bits per heavy atom. The average Bonchev–Trinajstić information content (AvgIpc) is 3.44. The van der Waals surface area contributed by atoms with Crippen LogP contribution in [0.4, 0.5) is 0 Å².